The second-order valence-corrected chi connectivity index (χ2v) is 5.46. The summed E-state index contributed by atoms with van der Waals surface area (Å²) < 4.78 is 0. The Morgan fingerprint density at radius 1 is 1.56 bits per heavy atom. The van der Waals surface area contributed by atoms with Crippen molar-refractivity contribution in [2.24, 2.45) is 5.92 Å². The van der Waals surface area contributed by atoms with Crippen LogP contribution in [-0.4, -0.2) is 34.1 Å². The van der Waals surface area contributed by atoms with E-state index in [4.69, 9.17) is 0 Å². The Bertz CT molecular complexity index is 275. The topological polar surface area (TPSA) is 40.5 Å². The van der Waals surface area contributed by atoms with Gasteiger partial charge in [-0.2, -0.15) is 0 Å². The summed E-state index contributed by atoms with van der Waals surface area (Å²) in [5.74, 6) is 0.160. The van der Waals surface area contributed by atoms with Crippen molar-refractivity contribution in [3.8, 4) is 0 Å². The SMILES string of the molecule is CCCC1(C(=O)O)CCCN1C(C)C1CC1. The van der Waals surface area contributed by atoms with E-state index >= 15 is 0 Å². The molecule has 2 rings (SSSR count). The predicted octanol–water partition coefficient (Wildman–Crippen LogP) is 2.50. The molecule has 2 atom stereocenters. The molecule has 1 N–H and O–H groups in total. The van der Waals surface area contributed by atoms with Crippen molar-refractivity contribution in [1.29, 1.82) is 0 Å². The number of carbonyl (C=O) groups is 1. The van der Waals surface area contributed by atoms with Crippen molar-refractivity contribution in [3.63, 3.8) is 0 Å². The molecule has 3 heteroatoms. The van der Waals surface area contributed by atoms with Crippen LogP contribution in [0.3, 0.4) is 0 Å². The van der Waals surface area contributed by atoms with E-state index in [1.165, 1.54) is 12.8 Å². The van der Waals surface area contributed by atoms with Crippen molar-refractivity contribution in [3.05, 3.63) is 0 Å². The monoisotopic (exact) mass is 225 g/mol. The second-order valence-electron chi connectivity index (χ2n) is 5.46. The van der Waals surface area contributed by atoms with Gasteiger partial charge >= 0.3 is 5.97 Å². The first-order valence-electron chi connectivity index (χ1n) is 6.62. The summed E-state index contributed by atoms with van der Waals surface area (Å²) in [6.45, 7) is 5.28. The molecule has 2 fully saturated rings. The minimum Gasteiger partial charge on any atom is -0.480 e. The highest BCUT2D eigenvalue weighted by molar-refractivity contribution is 5.79. The van der Waals surface area contributed by atoms with Gasteiger partial charge in [0.1, 0.15) is 5.54 Å². The number of nitrogens with zero attached hydrogens (tertiary/aromatic N) is 1. The first-order valence-corrected chi connectivity index (χ1v) is 6.62. The van der Waals surface area contributed by atoms with Gasteiger partial charge in [0.25, 0.3) is 0 Å². The first kappa shape index (κ1) is 11.9. The molecule has 0 bridgehead atoms. The Labute approximate surface area is 97.8 Å². The third-order valence-corrected chi connectivity index (χ3v) is 4.40. The second kappa shape index (κ2) is 4.36. The maximum atomic E-state index is 11.6. The van der Waals surface area contributed by atoms with E-state index in [1.54, 1.807) is 0 Å². The average molecular weight is 225 g/mol. The van der Waals surface area contributed by atoms with Crippen molar-refractivity contribution in [1.82, 2.24) is 4.90 Å². The standard InChI is InChI=1S/C13H23NO2/c1-3-7-13(12(15)16)8-4-9-14(13)10(2)11-5-6-11/h10-11H,3-9H2,1-2H3,(H,15,16). The van der Waals surface area contributed by atoms with E-state index in [0.717, 1.165) is 38.1 Å². The molecular formula is C13H23NO2. The van der Waals surface area contributed by atoms with Crippen LogP contribution in [0.25, 0.3) is 0 Å². The molecule has 0 radical (unpaired) electrons. The molecule has 16 heavy (non-hydrogen) atoms. The lowest BCUT2D eigenvalue weighted by molar-refractivity contribution is -0.152. The largest absolute Gasteiger partial charge is 0.480 e. The number of hydrogen-bond acceptors (Lipinski definition) is 2. The van der Waals surface area contributed by atoms with E-state index < -0.39 is 11.5 Å². The van der Waals surface area contributed by atoms with Crippen LogP contribution in [0.4, 0.5) is 0 Å². The van der Waals surface area contributed by atoms with Gasteiger partial charge in [-0.1, -0.05) is 13.3 Å². The Morgan fingerprint density at radius 3 is 2.75 bits per heavy atom. The summed E-state index contributed by atoms with van der Waals surface area (Å²) in [6.07, 6.45) is 6.23. The van der Waals surface area contributed by atoms with Gasteiger partial charge in [-0.3, -0.25) is 9.69 Å². The fourth-order valence-electron chi connectivity index (χ4n) is 3.34. The van der Waals surface area contributed by atoms with E-state index in [2.05, 4.69) is 18.7 Å². The highest BCUT2D eigenvalue weighted by Crippen LogP contribution is 2.43. The van der Waals surface area contributed by atoms with Gasteiger partial charge in [0.15, 0.2) is 0 Å². The van der Waals surface area contributed by atoms with Crippen LogP contribution < -0.4 is 0 Å². The Morgan fingerprint density at radius 2 is 2.25 bits per heavy atom. The maximum absolute atomic E-state index is 11.6. The summed E-state index contributed by atoms with van der Waals surface area (Å²) in [6, 6.07) is 0.463. The minimum atomic E-state index is -0.598. The van der Waals surface area contributed by atoms with Gasteiger partial charge in [0, 0.05) is 6.04 Å². The molecule has 1 aliphatic carbocycles. The van der Waals surface area contributed by atoms with Crippen molar-refractivity contribution < 1.29 is 9.90 Å². The van der Waals surface area contributed by atoms with Gasteiger partial charge < -0.3 is 5.11 Å². The van der Waals surface area contributed by atoms with Crippen LogP contribution in [0.2, 0.25) is 0 Å². The quantitative estimate of drug-likeness (QED) is 0.781. The van der Waals surface area contributed by atoms with Gasteiger partial charge in [-0.05, 0) is 51.5 Å². The van der Waals surface area contributed by atoms with Crippen LogP contribution in [-0.2, 0) is 4.79 Å². The number of aliphatic carboxylic acids is 1. The van der Waals surface area contributed by atoms with Crippen LogP contribution >= 0.6 is 0 Å². The third kappa shape index (κ3) is 1.86. The van der Waals surface area contributed by atoms with E-state index in [9.17, 15) is 9.90 Å². The fraction of sp³-hybridized carbons (Fsp3) is 0.923. The van der Waals surface area contributed by atoms with Gasteiger partial charge in [-0.25, -0.2) is 0 Å². The minimum absolute atomic E-state index is 0.463. The molecule has 1 aliphatic heterocycles. The molecule has 0 aromatic rings. The Kier molecular flexibility index (Phi) is 3.24. The summed E-state index contributed by atoms with van der Waals surface area (Å²) in [7, 11) is 0. The Hall–Kier alpha value is -0.570. The maximum Gasteiger partial charge on any atom is 0.324 e. The predicted molar refractivity (Wildman–Crippen MR) is 63.4 cm³/mol. The molecule has 2 unspecified atom stereocenters. The Balaban J connectivity index is 2.17. The summed E-state index contributed by atoms with van der Waals surface area (Å²) in [4.78, 5) is 13.9. The van der Waals surface area contributed by atoms with Gasteiger partial charge in [0.2, 0.25) is 0 Å². The van der Waals surface area contributed by atoms with E-state index in [-0.39, 0.29) is 0 Å². The lowest BCUT2D eigenvalue weighted by atomic mass is 9.89. The molecule has 0 spiro atoms. The zero-order chi connectivity index (χ0) is 11.8. The third-order valence-electron chi connectivity index (χ3n) is 4.40. The molecule has 0 aromatic carbocycles. The molecule has 0 aromatic heterocycles. The van der Waals surface area contributed by atoms with Crippen molar-refractivity contribution in [2.75, 3.05) is 6.54 Å². The smallest absolute Gasteiger partial charge is 0.324 e. The van der Waals surface area contributed by atoms with E-state index in [0.29, 0.717) is 6.04 Å². The zero-order valence-corrected chi connectivity index (χ0v) is 10.4. The van der Waals surface area contributed by atoms with Crippen LogP contribution in [0.15, 0.2) is 0 Å². The summed E-state index contributed by atoms with van der Waals surface area (Å²) in [5.41, 5.74) is -0.545. The molecule has 92 valence electrons. The zero-order valence-electron chi connectivity index (χ0n) is 10.4. The fourth-order valence-corrected chi connectivity index (χ4v) is 3.34. The first-order chi connectivity index (χ1) is 7.62. The molecule has 1 saturated carbocycles. The lowest BCUT2D eigenvalue weighted by Crippen LogP contribution is -2.54. The normalized spacial score (nSPS) is 32.9. The van der Waals surface area contributed by atoms with Crippen LogP contribution in [0, 0.1) is 5.92 Å². The van der Waals surface area contributed by atoms with Gasteiger partial charge in [0.05, 0.1) is 0 Å². The highest BCUT2D eigenvalue weighted by Gasteiger charge is 2.50. The van der Waals surface area contributed by atoms with E-state index in [1.807, 2.05) is 0 Å². The summed E-state index contributed by atoms with van der Waals surface area (Å²) in [5, 5.41) is 9.57. The van der Waals surface area contributed by atoms with Gasteiger partial charge in [-0.15, -0.1) is 0 Å². The highest BCUT2D eigenvalue weighted by atomic mass is 16.4. The molecule has 0 amide bonds. The molecule has 3 nitrogen and oxygen atoms in total. The van der Waals surface area contributed by atoms with Crippen LogP contribution in [0.1, 0.15) is 52.4 Å². The number of hydrogen-bond donors (Lipinski definition) is 1. The van der Waals surface area contributed by atoms with Crippen molar-refractivity contribution >= 4 is 5.97 Å². The number of carboxylic acids is 1. The molecule has 1 heterocycles. The van der Waals surface area contributed by atoms with Crippen molar-refractivity contribution in [2.45, 2.75) is 64.0 Å². The number of rotatable bonds is 5. The number of likely N-dealkylation sites (tertiary alicyclic amines) is 1. The molecule has 1 saturated heterocycles. The lowest BCUT2D eigenvalue weighted by Gasteiger charge is -2.39. The molecular weight excluding hydrogens is 202 g/mol. The average Bonchev–Trinajstić information content (AvgIpc) is 2.99. The summed E-state index contributed by atoms with van der Waals surface area (Å²) >= 11 is 0. The molecule has 2 aliphatic rings. The van der Waals surface area contributed by atoms with Crippen LogP contribution in [0.5, 0.6) is 0 Å². The number of carboxylic acid groups (broad SMARTS) is 1.